The van der Waals surface area contributed by atoms with Gasteiger partial charge in [0.25, 0.3) is 0 Å². The van der Waals surface area contributed by atoms with Gasteiger partial charge in [0.05, 0.1) is 51.5 Å². The van der Waals surface area contributed by atoms with Crippen molar-refractivity contribution in [1.82, 2.24) is 30.0 Å². The van der Waals surface area contributed by atoms with Crippen molar-refractivity contribution in [2.24, 2.45) is 0 Å². The lowest BCUT2D eigenvalue weighted by Crippen LogP contribution is -2.43. The fourth-order valence-electron chi connectivity index (χ4n) is 6.80. The summed E-state index contributed by atoms with van der Waals surface area (Å²) in [5, 5.41) is 7.32. The van der Waals surface area contributed by atoms with Gasteiger partial charge in [-0.15, -0.1) is 0 Å². The maximum Gasteiger partial charge on any atom is 0.418 e. The highest BCUT2D eigenvalue weighted by Gasteiger charge is 2.49. The van der Waals surface area contributed by atoms with Gasteiger partial charge in [0.1, 0.15) is 31.0 Å². The Balaban J connectivity index is 1.40. The highest BCUT2D eigenvalue weighted by Crippen LogP contribution is 2.49. The molecular weight excluding hydrogens is 604 g/mol. The first-order chi connectivity index (χ1) is 21.0. The average molecular weight is 633 g/mol. The maximum atomic E-state index is 14.4. The van der Waals surface area contributed by atoms with E-state index >= 15 is 0 Å². The molecule has 15 heteroatoms. The van der Waals surface area contributed by atoms with Crippen molar-refractivity contribution in [2.75, 3.05) is 43.5 Å². The van der Waals surface area contributed by atoms with Gasteiger partial charge in [0.2, 0.25) is 0 Å². The molecule has 0 unspecified atom stereocenters. The fourth-order valence-corrected chi connectivity index (χ4v) is 7.09. The smallest absolute Gasteiger partial charge is 0.418 e. The lowest BCUT2D eigenvalue weighted by atomic mass is 9.95. The number of fused-ring (bicyclic) bond motifs is 1. The molecule has 3 aliphatic heterocycles. The Labute approximate surface area is 254 Å². The first-order valence-corrected chi connectivity index (χ1v) is 14.7. The summed E-state index contributed by atoms with van der Waals surface area (Å²) in [5.74, 6) is 0.484. The van der Waals surface area contributed by atoms with Crippen molar-refractivity contribution < 1.29 is 27.0 Å². The summed E-state index contributed by atoms with van der Waals surface area (Å²) < 4.78 is 69.7. The van der Waals surface area contributed by atoms with Crippen molar-refractivity contribution in [2.45, 2.75) is 50.6 Å². The number of hydrogen-bond acceptors (Lipinski definition) is 9. The largest absolute Gasteiger partial charge is 0.489 e. The number of aromatic nitrogens is 5. The van der Waals surface area contributed by atoms with Gasteiger partial charge in [-0.05, 0) is 50.1 Å². The number of nitrogen functional groups attached to an aromatic ring is 1. The van der Waals surface area contributed by atoms with E-state index < -0.39 is 29.1 Å². The van der Waals surface area contributed by atoms with Crippen LogP contribution in [0.25, 0.3) is 22.2 Å². The van der Waals surface area contributed by atoms with E-state index in [1.165, 1.54) is 19.1 Å². The van der Waals surface area contributed by atoms with E-state index in [0.717, 1.165) is 25.1 Å². The summed E-state index contributed by atoms with van der Waals surface area (Å²) in [7, 11) is 0. The second kappa shape index (κ2) is 10.6. The molecule has 0 radical (unpaired) electrons. The number of nitrogens with two attached hydrogens (primary N) is 1. The maximum absolute atomic E-state index is 14.4. The third-order valence-corrected chi connectivity index (χ3v) is 9.05. The van der Waals surface area contributed by atoms with Crippen LogP contribution in [0.3, 0.4) is 0 Å². The number of aryl methyl sites for hydroxylation is 1. The number of rotatable bonds is 6. The Hall–Kier alpha value is -3.91. The number of ether oxygens (including phenoxy) is 2. The molecule has 10 nitrogen and oxygen atoms in total. The molecule has 44 heavy (non-hydrogen) atoms. The van der Waals surface area contributed by atoms with E-state index in [2.05, 4.69) is 25.1 Å². The van der Waals surface area contributed by atoms with Gasteiger partial charge < -0.3 is 20.1 Å². The summed E-state index contributed by atoms with van der Waals surface area (Å²) in [6.45, 7) is 3.56. The molecule has 6 heterocycles. The van der Waals surface area contributed by atoms with Crippen LogP contribution in [-0.2, 0) is 12.7 Å². The van der Waals surface area contributed by atoms with Crippen LogP contribution in [0.5, 0.6) is 11.8 Å². The van der Waals surface area contributed by atoms with E-state index in [1.54, 1.807) is 6.20 Å². The predicted molar refractivity (Wildman–Crippen MR) is 156 cm³/mol. The summed E-state index contributed by atoms with van der Waals surface area (Å²) in [4.78, 5) is 17.5. The quantitative estimate of drug-likeness (QED) is 0.272. The van der Waals surface area contributed by atoms with E-state index in [1.807, 2.05) is 11.0 Å². The molecule has 3 aromatic heterocycles. The van der Waals surface area contributed by atoms with Crippen molar-refractivity contribution in [1.29, 1.82) is 0 Å². The van der Waals surface area contributed by atoms with Gasteiger partial charge in [0, 0.05) is 24.7 Å². The summed E-state index contributed by atoms with van der Waals surface area (Å²) in [6.07, 6.45) is -1.95. The van der Waals surface area contributed by atoms with E-state index in [9.17, 15) is 17.6 Å². The lowest BCUT2D eigenvalue weighted by molar-refractivity contribution is -0.137. The Bertz CT molecular complexity index is 1740. The molecule has 0 aliphatic carbocycles. The normalized spacial score (nSPS) is 21.9. The Morgan fingerprint density at radius 1 is 1.23 bits per heavy atom. The zero-order chi connectivity index (χ0) is 30.8. The molecule has 232 valence electrons. The number of aromatic amines is 1. The molecule has 2 saturated heterocycles. The molecule has 0 spiro atoms. The summed E-state index contributed by atoms with van der Waals surface area (Å²) >= 11 is 6.84. The monoisotopic (exact) mass is 632 g/mol. The Morgan fingerprint density at radius 2 is 2.07 bits per heavy atom. The van der Waals surface area contributed by atoms with E-state index in [4.69, 9.17) is 31.8 Å². The van der Waals surface area contributed by atoms with Crippen molar-refractivity contribution in [3.05, 3.63) is 46.2 Å². The van der Waals surface area contributed by atoms with Crippen molar-refractivity contribution in [3.8, 4) is 23.0 Å². The molecule has 7 rings (SSSR count). The minimum absolute atomic E-state index is 0.0135. The van der Waals surface area contributed by atoms with Crippen LogP contribution < -0.4 is 20.1 Å². The number of alkyl halides is 4. The topological polar surface area (TPSA) is 118 Å². The molecule has 2 fully saturated rings. The standard InChI is InChI=1S/C29H29ClF4N8O2/c1-15-9-20(35)38-24(22(15)29(32,33)34)18-10-19-21-25(23(18)30)43-8-7-41(13-17-3-5-36-40-17)26(21)39-27(37-19)44-14-28-4-2-6-42(28)12-16(31)11-28/h3,5,9-10,16H,2,4,6-8,11-14H2,1H3,(H2,35,38)(H,36,40)/t16-,28+/m1/s1. The minimum Gasteiger partial charge on any atom is -0.489 e. The number of pyridine rings is 1. The molecule has 0 bridgehead atoms. The molecule has 0 amide bonds. The van der Waals surface area contributed by atoms with Crippen LogP contribution >= 0.6 is 11.6 Å². The average Bonchev–Trinajstić information content (AvgIpc) is 3.64. The van der Waals surface area contributed by atoms with Gasteiger partial charge in [-0.25, -0.2) is 9.37 Å². The highest BCUT2D eigenvalue weighted by atomic mass is 35.5. The number of halogens is 5. The van der Waals surface area contributed by atoms with Gasteiger partial charge in [-0.3, -0.25) is 10.00 Å². The third kappa shape index (κ3) is 4.93. The molecule has 2 atom stereocenters. The SMILES string of the molecule is Cc1cc(N)nc(-c2cc3nc(OC[C@@]45CCCN4C[C@H](F)C5)nc4c3c(c2Cl)OCCN4Cc2ccn[nH]2)c1C(F)(F)F. The number of anilines is 2. The summed E-state index contributed by atoms with van der Waals surface area (Å²) in [5.41, 5.74) is 5.01. The Kier molecular flexibility index (Phi) is 6.96. The van der Waals surface area contributed by atoms with Crippen molar-refractivity contribution in [3.63, 3.8) is 0 Å². The zero-order valence-electron chi connectivity index (χ0n) is 23.7. The minimum atomic E-state index is -4.73. The first-order valence-electron chi connectivity index (χ1n) is 14.3. The van der Waals surface area contributed by atoms with E-state index in [0.29, 0.717) is 37.3 Å². The van der Waals surface area contributed by atoms with Gasteiger partial charge in [0.15, 0.2) is 5.75 Å². The number of H-pyrrole nitrogens is 1. The highest BCUT2D eigenvalue weighted by molar-refractivity contribution is 6.36. The predicted octanol–water partition coefficient (Wildman–Crippen LogP) is 5.33. The van der Waals surface area contributed by atoms with Crippen LogP contribution in [0.1, 0.15) is 36.1 Å². The second-order valence-corrected chi connectivity index (χ2v) is 12.0. The van der Waals surface area contributed by atoms with Crippen LogP contribution in [0.15, 0.2) is 24.4 Å². The van der Waals surface area contributed by atoms with Gasteiger partial charge in [-0.2, -0.15) is 28.2 Å². The number of benzene rings is 1. The lowest BCUT2D eigenvalue weighted by Gasteiger charge is -2.31. The van der Waals surface area contributed by atoms with Gasteiger partial charge in [-0.1, -0.05) is 11.6 Å². The molecular formula is C29H29ClF4N8O2. The molecule has 4 aromatic rings. The third-order valence-electron chi connectivity index (χ3n) is 8.67. The first kappa shape index (κ1) is 28.8. The van der Waals surface area contributed by atoms with Crippen LogP contribution in [0, 0.1) is 6.92 Å². The number of hydrogen-bond donors (Lipinski definition) is 2. The molecule has 1 aromatic carbocycles. The van der Waals surface area contributed by atoms with Crippen molar-refractivity contribution >= 4 is 34.1 Å². The number of nitrogens with one attached hydrogen (secondary N) is 1. The molecule has 0 saturated carbocycles. The van der Waals surface area contributed by atoms with Gasteiger partial charge >= 0.3 is 12.2 Å². The van der Waals surface area contributed by atoms with Crippen LogP contribution in [-0.4, -0.2) is 74.6 Å². The zero-order valence-corrected chi connectivity index (χ0v) is 24.5. The summed E-state index contributed by atoms with van der Waals surface area (Å²) in [6, 6.07) is 4.45. The second-order valence-electron chi connectivity index (χ2n) is 11.6. The fraction of sp³-hybridized carbons (Fsp3) is 0.448. The molecule has 3 N–H and O–H groups in total. The Morgan fingerprint density at radius 3 is 2.84 bits per heavy atom. The van der Waals surface area contributed by atoms with Crippen LogP contribution in [0.4, 0.5) is 29.2 Å². The van der Waals surface area contributed by atoms with Crippen LogP contribution in [0.2, 0.25) is 5.02 Å². The number of nitrogens with zero attached hydrogens (tertiary/aromatic N) is 6. The molecule has 3 aliphatic rings. The van der Waals surface area contributed by atoms with E-state index in [-0.39, 0.29) is 52.5 Å².